The van der Waals surface area contributed by atoms with Crippen molar-refractivity contribution < 1.29 is 13.9 Å². The highest BCUT2D eigenvalue weighted by molar-refractivity contribution is 5.68. The van der Waals surface area contributed by atoms with Crippen molar-refractivity contribution in [1.82, 2.24) is 4.90 Å². The molecule has 98 valence electrons. The molecule has 0 aromatic heterocycles. The van der Waals surface area contributed by atoms with Crippen LogP contribution in [0.2, 0.25) is 0 Å². The van der Waals surface area contributed by atoms with Crippen molar-refractivity contribution in [3.05, 3.63) is 35.9 Å². The maximum Gasteiger partial charge on any atom is 0.410 e. The normalized spacial score (nSPS) is 23.1. The second-order valence-electron chi connectivity index (χ2n) is 4.50. The number of halogens is 1. The van der Waals surface area contributed by atoms with Gasteiger partial charge in [0.2, 0.25) is 0 Å². The molecule has 0 spiro atoms. The number of ether oxygens (including phenoxy) is 1. The average molecular weight is 252 g/mol. The first-order chi connectivity index (χ1) is 8.70. The lowest BCUT2D eigenvalue weighted by atomic mass is 10.2. The van der Waals surface area contributed by atoms with Crippen LogP contribution in [0.1, 0.15) is 12.0 Å². The van der Waals surface area contributed by atoms with Gasteiger partial charge in [0.05, 0.1) is 6.04 Å². The molecule has 1 aromatic carbocycles. The van der Waals surface area contributed by atoms with Gasteiger partial charge in [0, 0.05) is 12.6 Å². The molecule has 1 aromatic rings. The summed E-state index contributed by atoms with van der Waals surface area (Å²) in [6.45, 7) is -0.0131. The van der Waals surface area contributed by atoms with Crippen LogP contribution < -0.4 is 5.73 Å². The van der Waals surface area contributed by atoms with Crippen LogP contribution in [0.25, 0.3) is 0 Å². The number of rotatable bonds is 3. The van der Waals surface area contributed by atoms with Crippen LogP contribution in [0, 0.1) is 0 Å². The Kier molecular flexibility index (Phi) is 4.15. The fourth-order valence-electron chi connectivity index (χ4n) is 2.13. The monoisotopic (exact) mass is 252 g/mol. The minimum absolute atomic E-state index is 0.157. The van der Waals surface area contributed by atoms with E-state index in [0.717, 1.165) is 5.56 Å². The van der Waals surface area contributed by atoms with E-state index in [1.165, 1.54) is 4.90 Å². The summed E-state index contributed by atoms with van der Waals surface area (Å²) in [5.41, 5.74) is 6.63. The number of alkyl halides is 1. The lowest BCUT2D eigenvalue weighted by Crippen LogP contribution is -2.38. The number of likely N-dealkylation sites (tertiary alicyclic amines) is 1. The first-order valence-corrected chi connectivity index (χ1v) is 5.99. The summed E-state index contributed by atoms with van der Waals surface area (Å²) in [6.07, 6.45) is 0.00571. The van der Waals surface area contributed by atoms with Gasteiger partial charge in [-0.05, 0) is 12.0 Å². The smallest absolute Gasteiger partial charge is 0.410 e. The fraction of sp³-hybridized carbons (Fsp3) is 0.462. The molecule has 0 aliphatic carbocycles. The minimum atomic E-state index is -0.575. The number of carbonyl (C=O) groups is 1. The second-order valence-corrected chi connectivity index (χ2v) is 4.50. The van der Waals surface area contributed by atoms with Crippen molar-refractivity contribution in [3.63, 3.8) is 0 Å². The Bertz CT molecular complexity index is 399. The van der Waals surface area contributed by atoms with Gasteiger partial charge < -0.3 is 15.4 Å². The van der Waals surface area contributed by atoms with Crippen molar-refractivity contribution in [2.24, 2.45) is 5.73 Å². The maximum absolute atomic E-state index is 12.7. The Morgan fingerprint density at radius 2 is 2.17 bits per heavy atom. The third-order valence-corrected chi connectivity index (χ3v) is 3.06. The number of nitrogens with two attached hydrogens (primary N) is 1. The van der Waals surface area contributed by atoms with Crippen LogP contribution in [0.5, 0.6) is 0 Å². The number of hydrogen-bond acceptors (Lipinski definition) is 3. The number of benzene rings is 1. The quantitative estimate of drug-likeness (QED) is 0.890. The molecule has 1 aliphatic rings. The lowest BCUT2D eigenvalue weighted by molar-refractivity contribution is 0.0875. The van der Waals surface area contributed by atoms with Crippen molar-refractivity contribution in [2.45, 2.75) is 25.1 Å². The first-order valence-electron chi connectivity index (χ1n) is 5.99. The number of hydrogen-bond donors (Lipinski definition) is 1. The molecule has 18 heavy (non-hydrogen) atoms. The van der Waals surface area contributed by atoms with Crippen molar-refractivity contribution in [1.29, 1.82) is 0 Å². The van der Waals surface area contributed by atoms with E-state index in [9.17, 15) is 9.18 Å². The molecule has 1 heterocycles. The molecular weight excluding hydrogens is 235 g/mol. The first kappa shape index (κ1) is 12.8. The average Bonchev–Trinajstić information content (AvgIpc) is 2.78. The Morgan fingerprint density at radius 1 is 1.44 bits per heavy atom. The zero-order valence-corrected chi connectivity index (χ0v) is 10.1. The van der Waals surface area contributed by atoms with Crippen LogP contribution in [-0.2, 0) is 11.3 Å². The van der Waals surface area contributed by atoms with Gasteiger partial charge in [-0.2, -0.15) is 0 Å². The molecular formula is C13H17FN2O2. The van der Waals surface area contributed by atoms with E-state index >= 15 is 0 Å². The summed E-state index contributed by atoms with van der Waals surface area (Å²) in [4.78, 5) is 13.2. The molecule has 5 heteroatoms. The number of carbonyl (C=O) groups excluding carboxylic acids is 1. The molecule has 1 aliphatic heterocycles. The summed E-state index contributed by atoms with van der Waals surface area (Å²) in [5, 5.41) is 0. The molecule has 2 rings (SSSR count). The van der Waals surface area contributed by atoms with Gasteiger partial charge in [-0.15, -0.1) is 0 Å². The molecule has 1 saturated heterocycles. The molecule has 2 N–H and O–H groups in total. The van der Waals surface area contributed by atoms with E-state index in [1.807, 2.05) is 30.3 Å². The zero-order valence-electron chi connectivity index (χ0n) is 10.1. The molecule has 0 bridgehead atoms. The fourth-order valence-corrected chi connectivity index (χ4v) is 2.13. The zero-order chi connectivity index (χ0) is 13.0. The molecule has 0 saturated carbocycles. The standard InChI is InChI=1S/C13H17FN2O2/c14-7-12-6-11(15)8-16(12)13(17)18-9-10-4-2-1-3-5-10/h1-5,11-12H,6-9,15H2. The Balaban J connectivity index is 1.88. The molecule has 4 nitrogen and oxygen atoms in total. The van der Waals surface area contributed by atoms with Gasteiger partial charge in [-0.25, -0.2) is 9.18 Å². The van der Waals surface area contributed by atoms with Crippen molar-refractivity contribution >= 4 is 6.09 Å². The molecule has 0 radical (unpaired) electrons. The van der Waals surface area contributed by atoms with Crippen LogP contribution in [0.4, 0.5) is 9.18 Å². The van der Waals surface area contributed by atoms with Gasteiger partial charge >= 0.3 is 6.09 Å². The van der Waals surface area contributed by atoms with Crippen molar-refractivity contribution in [3.8, 4) is 0 Å². The minimum Gasteiger partial charge on any atom is -0.445 e. The predicted molar refractivity (Wildman–Crippen MR) is 65.7 cm³/mol. The van der Waals surface area contributed by atoms with Gasteiger partial charge in [-0.3, -0.25) is 0 Å². The van der Waals surface area contributed by atoms with Gasteiger partial charge in [0.15, 0.2) is 0 Å². The summed E-state index contributed by atoms with van der Waals surface area (Å²) in [6, 6.07) is 8.78. The van der Waals surface area contributed by atoms with Crippen LogP contribution >= 0.6 is 0 Å². The van der Waals surface area contributed by atoms with Crippen LogP contribution in [-0.4, -0.2) is 36.3 Å². The van der Waals surface area contributed by atoms with Gasteiger partial charge in [0.25, 0.3) is 0 Å². The maximum atomic E-state index is 12.7. The molecule has 1 amide bonds. The summed E-state index contributed by atoms with van der Waals surface area (Å²) in [7, 11) is 0. The largest absolute Gasteiger partial charge is 0.445 e. The second kappa shape index (κ2) is 5.82. The summed E-state index contributed by atoms with van der Waals surface area (Å²) < 4.78 is 17.9. The summed E-state index contributed by atoms with van der Waals surface area (Å²) >= 11 is 0. The van der Waals surface area contributed by atoms with Crippen LogP contribution in [0.3, 0.4) is 0 Å². The third kappa shape index (κ3) is 2.98. The predicted octanol–water partition coefficient (Wildman–Crippen LogP) is 1.69. The van der Waals surface area contributed by atoms with E-state index in [-0.39, 0.29) is 12.6 Å². The van der Waals surface area contributed by atoms with Crippen molar-refractivity contribution in [2.75, 3.05) is 13.2 Å². The molecule has 2 unspecified atom stereocenters. The number of nitrogens with zero attached hydrogens (tertiary/aromatic N) is 1. The van der Waals surface area contributed by atoms with E-state index in [1.54, 1.807) is 0 Å². The van der Waals surface area contributed by atoms with Gasteiger partial charge in [-0.1, -0.05) is 30.3 Å². The Labute approximate surface area is 106 Å². The highest BCUT2D eigenvalue weighted by Crippen LogP contribution is 2.18. The molecule has 1 fully saturated rings. The highest BCUT2D eigenvalue weighted by atomic mass is 19.1. The van der Waals surface area contributed by atoms with Gasteiger partial charge in [0.1, 0.15) is 13.3 Å². The SMILES string of the molecule is NC1CC(CF)N(C(=O)OCc2ccccc2)C1. The number of amides is 1. The third-order valence-electron chi connectivity index (χ3n) is 3.06. The van der Waals surface area contributed by atoms with E-state index in [2.05, 4.69) is 0 Å². The summed E-state index contributed by atoms with van der Waals surface area (Å²) in [5.74, 6) is 0. The lowest BCUT2D eigenvalue weighted by Gasteiger charge is -2.21. The molecule has 2 atom stereocenters. The van der Waals surface area contributed by atoms with E-state index in [4.69, 9.17) is 10.5 Å². The highest BCUT2D eigenvalue weighted by Gasteiger charge is 2.34. The Hall–Kier alpha value is -1.62. The van der Waals surface area contributed by atoms with E-state index in [0.29, 0.717) is 13.0 Å². The topological polar surface area (TPSA) is 55.6 Å². The van der Waals surface area contributed by atoms with Crippen LogP contribution in [0.15, 0.2) is 30.3 Å². The van der Waals surface area contributed by atoms with E-state index < -0.39 is 18.8 Å². The Morgan fingerprint density at radius 3 is 2.83 bits per heavy atom.